The van der Waals surface area contributed by atoms with Crippen LogP contribution in [0, 0.1) is 0 Å². The molecule has 0 saturated heterocycles. The number of allylic oxidation sites excluding steroid dienone is 2. The predicted molar refractivity (Wildman–Crippen MR) is 141 cm³/mol. The summed E-state index contributed by atoms with van der Waals surface area (Å²) in [6, 6.07) is 33.5. The number of hydrogen-bond acceptors (Lipinski definition) is 0. The van der Waals surface area contributed by atoms with E-state index in [0.29, 0.717) is 0 Å². The molecule has 0 aliphatic heterocycles. The van der Waals surface area contributed by atoms with Crippen LogP contribution >= 0.6 is 0 Å². The van der Waals surface area contributed by atoms with E-state index in [1.54, 1.807) is 0 Å². The van der Waals surface area contributed by atoms with E-state index in [1.165, 1.54) is 41.5 Å². The van der Waals surface area contributed by atoms with Crippen LogP contribution in [0.1, 0.15) is 82.9 Å². The highest BCUT2D eigenvalue weighted by atomic mass is 14.4. The molecule has 0 heteroatoms. The molecule has 2 atom stereocenters. The molecule has 3 aromatic carbocycles. The fourth-order valence-electron chi connectivity index (χ4n) is 5.39. The molecule has 3 rings (SSSR count). The van der Waals surface area contributed by atoms with E-state index in [2.05, 4.69) is 125 Å². The lowest BCUT2D eigenvalue weighted by atomic mass is 9.60. The largest absolute Gasteiger partial charge is 0.0838 e. The monoisotopic (exact) mass is 424 g/mol. The number of unbranched alkanes of at least 4 members (excludes halogenated alkanes) is 1. The van der Waals surface area contributed by atoms with E-state index < -0.39 is 0 Å². The lowest BCUT2D eigenvalue weighted by Gasteiger charge is -2.43. The average molecular weight is 425 g/mol. The van der Waals surface area contributed by atoms with Crippen molar-refractivity contribution in [2.45, 2.75) is 77.0 Å². The molecule has 0 heterocycles. The first-order valence-corrected chi connectivity index (χ1v) is 12.4. The van der Waals surface area contributed by atoms with Crippen LogP contribution < -0.4 is 0 Å². The smallest absolute Gasteiger partial charge is 0.0000810 e. The van der Waals surface area contributed by atoms with E-state index >= 15 is 0 Å². The van der Waals surface area contributed by atoms with Gasteiger partial charge in [-0.05, 0) is 65.7 Å². The first-order valence-electron chi connectivity index (χ1n) is 12.4. The maximum Gasteiger partial charge on any atom is -0.0000810 e. The third-order valence-electron chi connectivity index (χ3n) is 7.37. The van der Waals surface area contributed by atoms with Gasteiger partial charge in [0.15, 0.2) is 0 Å². The highest BCUT2D eigenvalue weighted by molar-refractivity contribution is 5.66. The molecule has 32 heavy (non-hydrogen) atoms. The van der Waals surface area contributed by atoms with Crippen LogP contribution in [0.3, 0.4) is 0 Å². The Balaban J connectivity index is 2.09. The van der Waals surface area contributed by atoms with Gasteiger partial charge in [0.1, 0.15) is 0 Å². The normalized spacial score (nSPS) is 15.7. The minimum absolute atomic E-state index is 0.0806. The molecule has 0 aliphatic carbocycles. The van der Waals surface area contributed by atoms with Crippen molar-refractivity contribution in [3.8, 4) is 0 Å². The van der Waals surface area contributed by atoms with Crippen LogP contribution in [0.4, 0.5) is 0 Å². The number of benzene rings is 3. The highest BCUT2D eigenvalue weighted by Crippen LogP contribution is 2.48. The Hall–Kier alpha value is -2.60. The number of hydrogen-bond donors (Lipinski definition) is 0. The average Bonchev–Trinajstić information content (AvgIpc) is 2.87. The molecule has 0 amide bonds. The van der Waals surface area contributed by atoms with Crippen molar-refractivity contribution in [3.63, 3.8) is 0 Å². The summed E-state index contributed by atoms with van der Waals surface area (Å²) >= 11 is 0. The molecule has 168 valence electrons. The van der Waals surface area contributed by atoms with Gasteiger partial charge in [-0.2, -0.15) is 0 Å². The van der Waals surface area contributed by atoms with Crippen molar-refractivity contribution >= 4 is 5.57 Å². The van der Waals surface area contributed by atoms with Gasteiger partial charge in [0, 0.05) is 0 Å². The molecule has 3 aromatic rings. The fraction of sp³-hybridized carbons (Fsp3) is 0.375. The van der Waals surface area contributed by atoms with Crippen molar-refractivity contribution < 1.29 is 0 Å². The first-order chi connectivity index (χ1) is 15.6. The van der Waals surface area contributed by atoms with Crippen LogP contribution in [-0.4, -0.2) is 0 Å². The van der Waals surface area contributed by atoms with E-state index in [-0.39, 0.29) is 10.8 Å². The van der Waals surface area contributed by atoms with Gasteiger partial charge in [-0.15, -0.1) is 0 Å². The number of rotatable bonds is 11. The molecule has 0 bridgehead atoms. The van der Waals surface area contributed by atoms with Crippen LogP contribution in [0.25, 0.3) is 5.57 Å². The van der Waals surface area contributed by atoms with E-state index in [4.69, 9.17) is 0 Å². The van der Waals surface area contributed by atoms with E-state index in [1.807, 2.05) is 0 Å². The molecular weight excluding hydrogens is 384 g/mol. The summed E-state index contributed by atoms with van der Waals surface area (Å²) in [5, 5.41) is 0. The summed E-state index contributed by atoms with van der Waals surface area (Å²) in [4.78, 5) is 0. The minimum Gasteiger partial charge on any atom is -0.0838 e. The maximum absolute atomic E-state index is 2.50. The maximum atomic E-state index is 2.50. The SMILES string of the molecule is CC=C(CC(CC)(CC(C)(CCCC)c1ccccc1)c1ccccc1)c1ccccc1. The third kappa shape index (κ3) is 5.60. The molecule has 0 aromatic heterocycles. The Morgan fingerprint density at radius 1 is 0.750 bits per heavy atom. The second-order valence-electron chi connectivity index (χ2n) is 9.56. The second-order valence-corrected chi connectivity index (χ2v) is 9.56. The lowest BCUT2D eigenvalue weighted by molar-refractivity contribution is 0.264. The summed E-state index contributed by atoms with van der Waals surface area (Å²) in [7, 11) is 0. The van der Waals surface area contributed by atoms with Crippen molar-refractivity contribution in [1.29, 1.82) is 0 Å². The molecule has 0 saturated carbocycles. The minimum atomic E-state index is 0.0806. The van der Waals surface area contributed by atoms with Crippen LogP contribution in [0.2, 0.25) is 0 Å². The molecular formula is C32H40. The molecule has 0 N–H and O–H groups in total. The highest BCUT2D eigenvalue weighted by Gasteiger charge is 2.40. The van der Waals surface area contributed by atoms with E-state index in [9.17, 15) is 0 Å². The summed E-state index contributed by atoms with van der Waals surface area (Å²) in [6.07, 6.45) is 9.37. The summed E-state index contributed by atoms with van der Waals surface area (Å²) in [5.74, 6) is 0. The lowest BCUT2D eigenvalue weighted by Crippen LogP contribution is -2.36. The Morgan fingerprint density at radius 2 is 1.28 bits per heavy atom. The van der Waals surface area contributed by atoms with Gasteiger partial charge >= 0.3 is 0 Å². The predicted octanol–water partition coefficient (Wildman–Crippen LogP) is 9.37. The Labute approximate surface area is 196 Å². The summed E-state index contributed by atoms with van der Waals surface area (Å²) < 4.78 is 0. The fourth-order valence-corrected chi connectivity index (χ4v) is 5.39. The first kappa shape index (κ1) is 24.1. The molecule has 2 unspecified atom stereocenters. The van der Waals surface area contributed by atoms with Gasteiger partial charge in [0.2, 0.25) is 0 Å². The molecule has 0 spiro atoms. The van der Waals surface area contributed by atoms with Gasteiger partial charge in [0.05, 0.1) is 0 Å². The summed E-state index contributed by atoms with van der Waals surface area (Å²) in [5.41, 5.74) is 5.96. The molecule has 0 radical (unpaired) electrons. The van der Waals surface area contributed by atoms with Crippen LogP contribution in [0.15, 0.2) is 97.1 Å². The van der Waals surface area contributed by atoms with Crippen LogP contribution in [-0.2, 0) is 10.8 Å². The summed E-state index contributed by atoms with van der Waals surface area (Å²) in [6.45, 7) is 9.39. The van der Waals surface area contributed by atoms with E-state index in [0.717, 1.165) is 19.3 Å². The van der Waals surface area contributed by atoms with Crippen molar-refractivity contribution in [2.75, 3.05) is 0 Å². The Morgan fingerprint density at radius 3 is 1.78 bits per heavy atom. The van der Waals surface area contributed by atoms with Crippen molar-refractivity contribution in [3.05, 3.63) is 114 Å². The Bertz CT molecular complexity index is 955. The topological polar surface area (TPSA) is 0 Å². The molecule has 0 nitrogen and oxygen atoms in total. The van der Waals surface area contributed by atoms with Gasteiger partial charge in [-0.25, -0.2) is 0 Å². The van der Waals surface area contributed by atoms with Gasteiger partial charge in [-0.3, -0.25) is 0 Å². The quantitative estimate of drug-likeness (QED) is 0.287. The second kappa shape index (κ2) is 11.3. The van der Waals surface area contributed by atoms with Gasteiger partial charge in [-0.1, -0.05) is 131 Å². The van der Waals surface area contributed by atoms with Gasteiger partial charge < -0.3 is 0 Å². The van der Waals surface area contributed by atoms with Crippen LogP contribution in [0.5, 0.6) is 0 Å². The van der Waals surface area contributed by atoms with Crippen molar-refractivity contribution in [2.24, 2.45) is 0 Å². The zero-order valence-corrected chi connectivity index (χ0v) is 20.5. The standard InChI is InChI=1S/C32H40/c1-5-8-24-31(4,29-20-14-10-15-21-29)26-32(7-3,30-22-16-11-17-23-30)25-27(6-2)28-18-12-9-13-19-28/h6,9-23H,5,7-8,24-26H2,1-4H3. The third-order valence-corrected chi connectivity index (χ3v) is 7.37. The molecule has 0 fully saturated rings. The zero-order valence-electron chi connectivity index (χ0n) is 20.5. The van der Waals surface area contributed by atoms with Gasteiger partial charge in [0.25, 0.3) is 0 Å². The van der Waals surface area contributed by atoms with Crippen molar-refractivity contribution in [1.82, 2.24) is 0 Å². The Kier molecular flexibility index (Phi) is 8.51. The molecule has 0 aliphatic rings. The zero-order chi connectivity index (χ0) is 22.9.